The van der Waals surface area contributed by atoms with Crippen molar-refractivity contribution in [3.63, 3.8) is 0 Å². The van der Waals surface area contributed by atoms with E-state index < -0.39 is 17.5 Å². The molecule has 2 heterocycles. The Balaban J connectivity index is 1.30. The number of aliphatic imine (C=N–C) groups is 1. The van der Waals surface area contributed by atoms with Gasteiger partial charge in [0, 0.05) is 67.6 Å². The van der Waals surface area contributed by atoms with Crippen molar-refractivity contribution < 1.29 is 23.1 Å². The largest absolute Gasteiger partial charge is 0.404 e. The van der Waals surface area contributed by atoms with E-state index in [-0.39, 0.29) is 45.2 Å². The van der Waals surface area contributed by atoms with Crippen LogP contribution in [0.4, 0.5) is 14.5 Å². The number of hydrogen-bond donors (Lipinski definition) is 4. The van der Waals surface area contributed by atoms with Gasteiger partial charge in [0.2, 0.25) is 0 Å². The fourth-order valence-corrected chi connectivity index (χ4v) is 5.71. The number of piperidine rings is 1. The highest BCUT2D eigenvalue weighted by molar-refractivity contribution is 6.34. The van der Waals surface area contributed by atoms with Crippen LogP contribution in [0.25, 0.3) is 16.8 Å². The van der Waals surface area contributed by atoms with Gasteiger partial charge in [-0.1, -0.05) is 17.7 Å². The number of imidazole rings is 1. The van der Waals surface area contributed by atoms with Gasteiger partial charge in [-0.25, -0.2) is 13.8 Å². The predicted octanol–water partition coefficient (Wildman–Crippen LogP) is 3.63. The van der Waals surface area contributed by atoms with Crippen molar-refractivity contribution in [3.8, 4) is 11.3 Å². The number of rotatable bonds is 10. The molecule has 0 bridgehead atoms. The Labute approximate surface area is 252 Å². The number of hydrogen-bond acceptors (Lipinski definition) is 7. The minimum absolute atomic E-state index is 0.0469. The third-order valence-electron chi connectivity index (χ3n) is 7.90. The quantitative estimate of drug-likeness (QED) is 0.204. The summed E-state index contributed by atoms with van der Waals surface area (Å²) in [5.41, 5.74) is 7.10. The molecule has 0 radical (unpaired) electrons. The second-order valence-electron chi connectivity index (χ2n) is 10.5. The summed E-state index contributed by atoms with van der Waals surface area (Å²) in [7, 11) is 3.06. The number of fused-ring (bicyclic) bond motifs is 1. The second kappa shape index (κ2) is 12.6. The maximum absolute atomic E-state index is 15.4. The van der Waals surface area contributed by atoms with Crippen molar-refractivity contribution in [3.05, 3.63) is 76.3 Å². The van der Waals surface area contributed by atoms with Gasteiger partial charge in [0.15, 0.2) is 17.5 Å². The molecule has 1 aliphatic heterocycles. The first-order valence-corrected chi connectivity index (χ1v) is 14.1. The van der Waals surface area contributed by atoms with Gasteiger partial charge in [-0.3, -0.25) is 14.6 Å². The van der Waals surface area contributed by atoms with Gasteiger partial charge in [-0.2, -0.15) is 0 Å². The molecule has 13 heteroatoms. The van der Waals surface area contributed by atoms with Crippen molar-refractivity contribution in [2.45, 2.75) is 13.0 Å². The lowest BCUT2D eigenvalue weighted by molar-refractivity contribution is 0.0946. The van der Waals surface area contributed by atoms with E-state index in [0.717, 1.165) is 13.1 Å². The topological polar surface area (TPSA) is 136 Å². The number of halogens is 3. The molecule has 0 spiro atoms. The SMILES string of the molecule is COCCN=C(C)/C(=C\N)c1ccc(-c2cnc(C(=O)Nc3ccc(C(=O)NC4C5CNCC54)c(Cl)c3)n2C)c(F)c1F. The van der Waals surface area contributed by atoms with Crippen molar-refractivity contribution in [1.82, 2.24) is 20.2 Å². The van der Waals surface area contributed by atoms with Crippen LogP contribution in [-0.4, -0.2) is 66.5 Å². The van der Waals surface area contributed by atoms with E-state index >= 15 is 8.78 Å². The van der Waals surface area contributed by atoms with E-state index in [9.17, 15) is 9.59 Å². The predicted molar refractivity (Wildman–Crippen MR) is 161 cm³/mol. The number of allylic oxidation sites excluding steroid dienone is 1. The van der Waals surface area contributed by atoms with Gasteiger partial charge in [-0.05, 0) is 43.0 Å². The Hall–Kier alpha value is -4.13. The first kappa shape index (κ1) is 30.3. The Morgan fingerprint density at radius 1 is 1.19 bits per heavy atom. The number of ether oxygens (including phenoxy) is 1. The normalized spacial score (nSPS) is 19.7. The molecule has 2 aliphatic rings. The molecule has 2 amide bonds. The number of aromatic nitrogens is 2. The Morgan fingerprint density at radius 2 is 1.91 bits per heavy atom. The standard InChI is InChI=1S/C30H32ClF2N7O3/c1-15(36-8-9-43-3)20(11-34)17-6-7-19(26(33)25(17)32)24-14-37-28(40(24)2)30(42)38-16-4-5-18(23(31)10-16)29(41)39-27-21-12-35-13-22(21)27/h4-7,10-11,14,21-22,27,35H,8-9,12-13,34H2,1-3H3,(H,38,42)(H,39,41)/b20-11+,36-15?. The molecule has 5 N–H and O–H groups in total. The van der Waals surface area contributed by atoms with Crippen LogP contribution in [0.5, 0.6) is 0 Å². The first-order chi connectivity index (χ1) is 20.7. The summed E-state index contributed by atoms with van der Waals surface area (Å²) >= 11 is 6.38. The van der Waals surface area contributed by atoms with Crippen LogP contribution in [0.2, 0.25) is 5.02 Å². The summed E-state index contributed by atoms with van der Waals surface area (Å²) < 4.78 is 37.0. The van der Waals surface area contributed by atoms with Crippen molar-refractivity contribution in [1.29, 1.82) is 0 Å². The molecule has 2 atom stereocenters. The zero-order chi connectivity index (χ0) is 30.8. The summed E-state index contributed by atoms with van der Waals surface area (Å²) in [6.07, 6.45) is 2.46. The van der Waals surface area contributed by atoms with E-state index in [1.165, 1.54) is 49.3 Å². The fraction of sp³-hybridized carbons (Fsp3) is 0.333. The van der Waals surface area contributed by atoms with Crippen LogP contribution in [0.15, 0.2) is 47.7 Å². The molecule has 1 saturated heterocycles. The van der Waals surface area contributed by atoms with Crippen LogP contribution in [0.3, 0.4) is 0 Å². The van der Waals surface area contributed by atoms with Gasteiger partial charge in [0.05, 0.1) is 35.6 Å². The number of nitrogens with two attached hydrogens (primary N) is 1. The summed E-state index contributed by atoms with van der Waals surface area (Å²) in [5, 5.41) is 9.17. The molecule has 1 aromatic heterocycles. The zero-order valence-electron chi connectivity index (χ0n) is 23.9. The summed E-state index contributed by atoms with van der Waals surface area (Å²) in [6, 6.07) is 7.54. The number of nitrogens with zero attached hydrogens (tertiary/aromatic N) is 3. The average Bonchev–Trinajstić information content (AvgIpc) is 3.28. The van der Waals surface area contributed by atoms with Crippen molar-refractivity contribution >= 4 is 40.4 Å². The highest BCUT2D eigenvalue weighted by atomic mass is 35.5. The van der Waals surface area contributed by atoms with Gasteiger partial charge in [-0.15, -0.1) is 0 Å². The molecular formula is C30H32ClF2N7O3. The van der Waals surface area contributed by atoms with E-state index in [2.05, 4.69) is 25.9 Å². The summed E-state index contributed by atoms with van der Waals surface area (Å²) in [5.74, 6) is -2.22. The number of anilines is 1. The molecule has 1 saturated carbocycles. The van der Waals surface area contributed by atoms with Crippen LogP contribution in [-0.2, 0) is 11.8 Å². The lowest BCUT2D eigenvalue weighted by Crippen LogP contribution is -2.32. The maximum Gasteiger partial charge on any atom is 0.291 e. The smallest absolute Gasteiger partial charge is 0.291 e. The lowest BCUT2D eigenvalue weighted by atomic mass is 9.99. The molecule has 226 valence electrons. The number of nitrogens with one attached hydrogen (secondary N) is 3. The Morgan fingerprint density at radius 3 is 2.58 bits per heavy atom. The molecule has 2 unspecified atom stereocenters. The van der Waals surface area contributed by atoms with Crippen molar-refractivity contribution in [2.75, 3.05) is 38.7 Å². The highest BCUT2D eigenvalue weighted by Gasteiger charge is 2.53. The van der Waals surface area contributed by atoms with Crippen LogP contribution in [0, 0.1) is 23.5 Å². The Kier molecular flexibility index (Phi) is 8.90. The second-order valence-corrected chi connectivity index (χ2v) is 10.9. The minimum atomic E-state index is -1.12. The lowest BCUT2D eigenvalue weighted by Gasteiger charge is -2.13. The minimum Gasteiger partial charge on any atom is -0.404 e. The van der Waals surface area contributed by atoms with Gasteiger partial charge in [0.25, 0.3) is 11.8 Å². The molecule has 5 rings (SSSR count). The van der Waals surface area contributed by atoms with E-state index in [1.807, 2.05) is 0 Å². The third kappa shape index (κ3) is 6.03. The monoisotopic (exact) mass is 611 g/mol. The number of amides is 2. The van der Waals surface area contributed by atoms with Crippen LogP contribution in [0.1, 0.15) is 33.5 Å². The summed E-state index contributed by atoms with van der Waals surface area (Å²) in [6.45, 7) is 4.15. The number of benzene rings is 2. The molecule has 2 fully saturated rings. The highest BCUT2D eigenvalue weighted by Crippen LogP contribution is 2.42. The van der Waals surface area contributed by atoms with Crippen LogP contribution < -0.4 is 21.7 Å². The molecular weight excluding hydrogens is 580 g/mol. The maximum atomic E-state index is 15.4. The fourth-order valence-electron chi connectivity index (χ4n) is 5.45. The van der Waals surface area contributed by atoms with Crippen molar-refractivity contribution in [2.24, 2.45) is 29.6 Å². The number of methoxy groups -OCH3 is 1. The van der Waals surface area contributed by atoms with E-state index in [0.29, 0.717) is 41.9 Å². The van der Waals surface area contributed by atoms with E-state index in [4.69, 9.17) is 22.1 Å². The zero-order valence-corrected chi connectivity index (χ0v) is 24.6. The van der Waals surface area contributed by atoms with Crippen LogP contribution >= 0.6 is 11.6 Å². The van der Waals surface area contributed by atoms with Gasteiger partial charge >= 0.3 is 0 Å². The first-order valence-electron chi connectivity index (χ1n) is 13.7. The third-order valence-corrected chi connectivity index (χ3v) is 8.21. The molecule has 43 heavy (non-hydrogen) atoms. The molecule has 10 nitrogen and oxygen atoms in total. The van der Waals surface area contributed by atoms with E-state index in [1.54, 1.807) is 19.1 Å². The molecule has 2 aromatic carbocycles. The van der Waals surface area contributed by atoms with Gasteiger partial charge in [0.1, 0.15) is 0 Å². The molecule has 3 aromatic rings. The Bertz CT molecular complexity index is 1630. The number of carbonyl (C=O) groups excluding carboxylic acids is 2. The average molecular weight is 612 g/mol. The molecule has 1 aliphatic carbocycles. The summed E-state index contributed by atoms with van der Waals surface area (Å²) in [4.78, 5) is 34.2. The van der Waals surface area contributed by atoms with Gasteiger partial charge < -0.3 is 31.0 Å². The number of carbonyl (C=O) groups is 2.